The van der Waals surface area contributed by atoms with Crippen molar-refractivity contribution in [2.75, 3.05) is 11.9 Å². The molecule has 0 aliphatic carbocycles. The van der Waals surface area contributed by atoms with Gasteiger partial charge in [0.1, 0.15) is 0 Å². The van der Waals surface area contributed by atoms with Crippen LogP contribution in [0.2, 0.25) is 0 Å². The number of thiazole rings is 1. The first kappa shape index (κ1) is 13.2. The molecule has 0 radical (unpaired) electrons. The molecule has 2 heterocycles. The number of anilines is 1. The van der Waals surface area contributed by atoms with Gasteiger partial charge in [-0.05, 0) is 13.0 Å². The third-order valence-electron chi connectivity index (χ3n) is 2.23. The van der Waals surface area contributed by atoms with Gasteiger partial charge in [0.2, 0.25) is 0 Å². The number of carbonyl (C=O) groups is 1. The number of hydrogen-bond acceptors (Lipinski definition) is 5. The third-order valence-corrected chi connectivity index (χ3v) is 3.11. The van der Waals surface area contributed by atoms with Crippen LogP contribution in [-0.4, -0.2) is 22.4 Å². The molecule has 5 nitrogen and oxygen atoms in total. The highest BCUT2D eigenvalue weighted by molar-refractivity contribution is 7.13. The molecule has 0 fully saturated rings. The maximum atomic E-state index is 12.1. The zero-order chi connectivity index (χ0) is 13.7. The third kappa shape index (κ3) is 3.37. The summed E-state index contributed by atoms with van der Waals surface area (Å²) in [6, 6.07) is 1.62. The number of nitrogens with two attached hydrogens (primary N) is 1. The predicted octanol–water partition coefficient (Wildman–Crippen LogP) is 1.41. The Hall–Kier alpha value is -2.23. The lowest BCUT2D eigenvalue weighted by atomic mass is 10.1. The topological polar surface area (TPSA) is 80.9 Å². The van der Waals surface area contributed by atoms with Gasteiger partial charge in [-0.25, -0.2) is 4.98 Å². The van der Waals surface area contributed by atoms with Crippen molar-refractivity contribution in [3.05, 3.63) is 40.7 Å². The first-order valence-corrected chi connectivity index (χ1v) is 6.45. The van der Waals surface area contributed by atoms with Gasteiger partial charge in [0.25, 0.3) is 5.91 Å². The van der Waals surface area contributed by atoms with Gasteiger partial charge in [0.05, 0.1) is 23.4 Å². The predicted molar refractivity (Wildman–Crippen MR) is 75.0 cm³/mol. The number of pyridine rings is 1. The number of aryl methyl sites for hydroxylation is 1. The van der Waals surface area contributed by atoms with E-state index < -0.39 is 0 Å². The van der Waals surface area contributed by atoms with Crippen molar-refractivity contribution < 1.29 is 4.79 Å². The van der Waals surface area contributed by atoms with E-state index >= 15 is 0 Å². The molecule has 2 aromatic rings. The zero-order valence-corrected chi connectivity index (χ0v) is 11.1. The van der Waals surface area contributed by atoms with E-state index in [1.165, 1.54) is 11.3 Å². The lowest BCUT2D eigenvalue weighted by Crippen LogP contribution is -2.13. The smallest absolute Gasteiger partial charge is 0.258 e. The second kappa shape index (κ2) is 6.09. The number of aromatic nitrogens is 2. The number of amides is 1. The quantitative estimate of drug-likeness (QED) is 0.810. The maximum Gasteiger partial charge on any atom is 0.258 e. The molecule has 0 bridgehead atoms. The molecule has 0 saturated heterocycles. The van der Waals surface area contributed by atoms with Crippen molar-refractivity contribution >= 4 is 22.4 Å². The van der Waals surface area contributed by atoms with Crippen LogP contribution >= 0.6 is 11.3 Å². The van der Waals surface area contributed by atoms with Crippen molar-refractivity contribution in [1.29, 1.82) is 0 Å². The first-order valence-electron chi connectivity index (χ1n) is 5.57. The van der Waals surface area contributed by atoms with Crippen molar-refractivity contribution in [3.63, 3.8) is 0 Å². The van der Waals surface area contributed by atoms with Crippen molar-refractivity contribution in [2.24, 2.45) is 5.73 Å². The molecular weight excluding hydrogens is 260 g/mol. The number of carbonyl (C=O) groups excluding carboxylic acids is 1. The molecular formula is C13H12N4OS. The van der Waals surface area contributed by atoms with E-state index in [9.17, 15) is 4.79 Å². The fourth-order valence-electron chi connectivity index (χ4n) is 1.41. The summed E-state index contributed by atoms with van der Waals surface area (Å²) in [4.78, 5) is 20.3. The summed E-state index contributed by atoms with van der Waals surface area (Å²) >= 11 is 1.38. The molecule has 0 aliphatic rings. The minimum atomic E-state index is -0.252. The maximum absolute atomic E-state index is 12.1. The monoisotopic (exact) mass is 272 g/mol. The Kier molecular flexibility index (Phi) is 4.23. The number of hydrogen-bond donors (Lipinski definition) is 2. The van der Waals surface area contributed by atoms with Gasteiger partial charge < -0.3 is 5.73 Å². The Bertz CT molecular complexity index is 654. The normalized spacial score (nSPS) is 9.58. The van der Waals surface area contributed by atoms with Crippen LogP contribution in [0.1, 0.15) is 21.6 Å². The Morgan fingerprint density at radius 2 is 2.42 bits per heavy atom. The molecule has 3 N–H and O–H groups in total. The van der Waals surface area contributed by atoms with Gasteiger partial charge >= 0.3 is 0 Å². The van der Waals surface area contributed by atoms with Gasteiger partial charge in [0.15, 0.2) is 5.13 Å². The Morgan fingerprint density at radius 3 is 3.11 bits per heavy atom. The summed E-state index contributed by atoms with van der Waals surface area (Å²) in [5.74, 6) is 5.29. The highest BCUT2D eigenvalue weighted by Gasteiger charge is 2.11. The van der Waals surface area contributed by atoms with Crippen LogP contribution in [0.4, 0.5) is 5.13 Å². The molecule has 0 spiro atoms. The molecule has 0 unspecified atom stereocenters. The van der Waals surface area contributed by atoms with Crippen molar-refractivity contribution in [2.45, 2.75) is 6.92 Å². The molecule has 0 aliphatic heterocycles. The molecule has 2 rings (SSSR count). The Morgan fingerprint density at radius 1 is 1.58 bits per heavy atom. The van der Waals surface area contributed by atoms with E-state index in [1.807, 2.05) is 12.3 Å². The molecule has 6 heteroatoms. The van der Waals surface area contributed by atoms with E-state index in [2.05, 4.69) is 27.1 Å². The second-order valence-corrected chi connectivity index (χ2v) is 4.53. The lowest BCUT2D eigenvalue weighted by Gasteiger charge is -2.03. The van der Waals surface area contributed by atoms with Gasteiger partial charge in [-0.15, -0.1) is 11.3 Å². The average molecular weight is 272 g/mol. The van der Waals surface area contributed by atoms with E-state index in [4.69, 9.17) is 5.73 Å². The zero-order valence-electron chi connectivity index (χ0n) is 10.3. The molecule has 0 saturated carbocycles. The second-order valence-electron chi connectivity index (χ2n) is 3.68. The SMILES string of the molecule is Cc1csc(NC(=O)c2ccncc2C#CCN)n1. The van der Waals surface area contributed by atoms with Crippen LogP contribution in [0.15, 0.2) is 23.8 Å². The molecule has 96 valence electrons. The molecule has 2 aromatic heterocycles. The lowest BCUT2D eigenvalue weighted by molar-refractivity contribution is 0.102. The number of rotatable bonds is 2. The number of nitrogens with zero attached hydrogens (tertiary/aromatic N) is 2. The van der Waals surface area contributed by atoms with Crippen molar-refractivity contribution in [1.82, 2.24) is 9.97 Å². The van der Waals surface area contributed by atoms with E-state index in [1.54, 1.807) is 18.5 Å². The van der Waals surface area contributed by atoms with Crippen LogP contribution in [0.5, 0.6) is 0 Å². The Balaban J connectivity index is 2.23. The van der Waals surface area contributed by atoms with Crippen molar-refractivity contribution in [3.8, 4) is 11.8 Å². The van der Waals surface area contributed by atoms with E-state index in [-0.39, 0.29) is 12.5 Å². The largest absolute Gasteiger partial charge is 0.320 e. The van der Waals surface area contributed by atoms with Gasteiger partial charge in [-0.1, -0.05) is 11.8 Å². The summed E-state index contributed by atoms with van der Waals surface area (Å²) in [6.45, 7) is 2.11. The summed E-state index contributed by atoms with van der Waals surface area (Å²) < 4.78 is 0. The van der Waals surface area contributed by atoms with Gasteiger partial charge in [-0.3, -0.25) is 15.1 Å². The van der Waals surface area contributed by atoms with Crippen LogP contribution < -0.4 is 11.1 Å². The minimum Gasteiger partial charge on any atom is -0.320 e. The standard InChI is InChI=1S/C13H12N4OS/c1-9-8-19-13(16-9)17-12(18)11-4-6-15-7-10(11)3-2-5-14/h4,6-8H,5,14H2,1H3,(H,16,17,18). The summed E-state index contributed by atoms with van der Waals surface area (Å²) in [6.07, 6.45) is 3.10. The molecule has 19 heavy (non-hydrogen) atoms. The average Bonchev–Trinajstić information content (AvgIpc) is 2.82. The highest BCUT2D eigenvalue weighted by atomic mass is 32.1. The minimum absolute atomic E-state index is 0.238. The van der Waals surface area contributed by atoms with Gasteiger partial charge in [0, 0.05) is 17.8 Å². The van der Waals surface area contributed by atoms with Crippen LogP contribution in [-0.2, 0) is 0 Å². The highest BCUT2D eigenvalue weighted by Crippen LogP contribution is 2.16. The first-order chi connectivity index (χ1) is 9.20. The fourth-order valence-corrected chi connectivity index (χ4v) is 2.10. The summed E-state index contributed by atoms with van der Waals surface area (Å²) in [5.41, 5.74) is 7.22. The van der Waals surface area contributed by atoms with E-state index in [0.29, 0.717) is 16.3 Å². The van der Waals surface area contributed by atoms with Crippen LogP contribution in [0.3, 0.4) is 0 Å². The summed E-state index contributed by atoms with van der Waals surface area (Å²) in [5, 5.41) is 5.18. The Labute approximate surface area is 114 Å². The fraction of sp³-hybridized carbons (Fsp3) is 0.154. The van der Waals surface area contributed by atoms with Crippen LogP contribution in [0.25, 0.3) is 0 Å². The molecule has 1 amide bonds. The molecule has 0 aromatic carbocycles. The number of nitrogens with one attached hydrogen (secondary N) is 1. The molecule has 0 atom stereocenters. The van der Waals surface area contributed by atoms with Gasteiger partial charge in [-0.2, -0.15) is 0 Å². The van der Waals surface area contributed by atoms with Crippen LogP contribution in [0, 0.1) is 18.8 Å². The summed E-state index contributed by atoms with van der Waals surface area (Å²) in [7, 11) is 0. The van der Waals surface area contributed by atoms with E-state index in [0.717, 1.165) is 5.69 Å².